The van der Waals surface area contributed by atoms with E-state index in [0.29, 0.717) is 37.3 Å². The second kappa shape index (κ2) is 9.68. The van der Waals surface area contributed by atoms with E-state index in [0.717, 1.165) is 25.2 Å². The molecule has 30 heavy (non-hydrogen) atoms. The predicted molar refractivity (Wildman–Crippen MR) is 117 cm³/mol. The van der Waals surface area contributed by atoms with E-state index in [1.165, 1.54) is 10.4 Å². The van der Waals surface area contributed by atoms with Gasteiger partial charge >= 0.3 is 0 Å². The van der Waals surface area contributed by atoms with E-state index < -0.39 is 10.0 Å². The van der Waals surface area contributed by atoms with Crippen LogP contribution in [0.2, 0.25) is 0 Å². The minimum Gasteiger partial charge on any atom is -0.336 e. The number of aryl methyl sites for hydroxylation is 1. The Bertz CT molecular complexity index is 967. The minimum absolute atomic E-state index is 0.118. The van der Waals surface area contributed by atoms with E-state index in [2.05, 4.69) is 16.0 Å². The van der Waals surface area contributed by atoms with Gasteiger partial charge in [0.25, 0.3) is 5.91 Å². The van der Waals surface area contributed by atoms with Gasteiger partial charge in [0.1, 0.15) is 0 Å². The fourth-order valence-corrected chi connectivity index (χ4v) is 5.46. The van der Waals surface area contributed by atoms with Crippen LogP contribution in [0.3, 0.4) is 0 Å². The maximum atomic E-state index is 13.1. The van der Waals surface area contributed by atoms with Gasteiger partial charge in [-0.2, -0.15) is 4.31 Å². The van der Waals surface area contributed by atoms with Crippen LogP contribution in [0.5, 0.6) is 0 Å². The molecule has 1 aromatic carbocycles. The maximum absolute atomic E-state index is 13.1. The predicted octanol–water partition coefficient (Wildman–Crippen LogP) is 2.38. The lowest BCUT2D eigenvalue weighted by molar-refractivity contribution is 0.0628. The lowest BCUT2D eigenvalue weighted by atomic mass is 10.1. The Morgan fingerprint density at radius 3 is 2.40 bits per heavy atom. The van der Waals surface area contributed by atoms with Crippen molar-refractivity contribution in [2.24, 2.45) is 0 Å². The van der Waals surface area contributed by atoms with Gasteiger partial charge in [0.05, 0.1) is 4.90 Å². The highest BCUT2D eigenvalue weighted by Gasteiger charge is 2.27. The highest BCUT2D eigenvalue weighted by atomic mass is 32.2. The van der Waals surface area contributed by atoms with Crippen LogP contribution in [0.4, 0.5) is 0 Å². The first-order valence-electron chi connectivity index (χ1n) is 10.4. The molecule has 0 saturated carbocycles. The zero-order valence-electron chi connectivity index (χ0n) is 17.9. The van der Waals surface area contributed by atoms with Crippen LogP contribution in [-0.2, 0) is 16.6 Å². The monoisotopic (exact) mass is 430 g/mol. The third kappa shape index (κ3) is 4.88. The second-order valence-electron chi connectivity index (χ2n) is 7.50. The number of benzene rings is 1. The van der Waals surface area contributed by atoms with Crippen molar-refractivity contribution in [3.63, 3.8) is 0 Å². The Morgan fingerprint density at radius 2 is 1.80 bits per heavy atom. The number of rotatable bonds is 7. The van der Waals surface area contributed by atoms with Crippen molar-refractivity contribution in [3.8, 4) is 0 Å². The smallest absolute Gasteiger partial charge is 0.253 e. The standard InChI is InChI=1S/C22H30N4O3S/c1-4-26(5-2)30(28,29)21-15-20(9-8-18(21)3)22(27)25-13-11-24(12-14-25)17-19-7-6-10-23-16-19/h6-10,15-16H,4-5,11-14,17H2,1-3H3. The van der Waals surface area contributed by atoms with E-state index in [1.807, 2.05) is 26.1 Å². The summed E-state index contributed by atoms with van der Waals surface area (Å²) in [5.41, 5.74) is 2.23. The fraction of sp³-hybridized carbons (Fsp3) is 0.455. The van der Waals surface area contributed by atoms with Crippen molar-refractivity contribution in [2.75, 3.05) is 39.3 Å². The molecule has 1 aromatic heterocycles. The van der Waals surface area contributed by atoms with E-state index in [4.69, 9.17) is 0 Å². The molecule has 0 atom stereocenters. The van der Waals surface area contributed by atoms with Crippen LogP contribution in [0.1, 0.15) is 35.3 Å². The first kappa shape index (κ1) is 22.4. The van der Waals surface area contributed by atoms with Crippen molar-refractivity contribution in [1.29, 1.82) is 0 Å². The molecule has 0 radical (unpaired) electrons. The summed E-state index contributed by atoms with van der Waals surface area (Å²) in [6.07, 6.45) is 3.62. The zero-order valence-corrected chi connectivity index (χ0v) is 18.7. The van der Waals surface area contributed by atoms with Crippen molar-refractivity contribution < 1.29 is 13.2 Å². The van der Waals surface area contributed by atoms with Gasteiger partial charge in [0.2, 0.25) is 10.0 Å². The summed E-state index contributed by atoms with van der Waals surface area (Å²) >= 11 is 0. The van der Waals surface area contributed by atoms with Crippen LogP contribution < -0.4 is 0 Å². The molecule has 1 aliphatic rings. The average molecular weight is 431 g/mol. The van der Waals surface area contributed by atoms with Crippen LogP contribution in [0, 0.1) is 6.92 Å². The molecule has 1 saturated heterocycles. The van der Waals surface area contributed by atoms with E-state index in [9.17, 15) is 13.2 Å². The summed E-state index contributed by atoms with van der Waals surface area (Å²) in [6.45, 7) is 9.79. The molecule has 0 spiro atoms. The largest absolute Gasteiger partial charge is 0.336 e. The van der Waals surface area contributed by atoms with E-state index in [-0.39, 0.29) is 10.8 Å². The zero-order chi connectivity index (χ0) is 21.7. The summed E-state index contributed by atoms with van der Waals surface area (Å²) in [6, 6.07) is 8.96. The number of carbonyl (C=O) groups excluding carboxylic acids is 1. The molecule has 7 nitrogen and oxygen atoms in total. The molecule has 0 N–H and O–H groups in total. The molecule has 162 valence electrons. The molecule has 1 fully saturated rings. The maximum Gasteiger partial charge on any atom is 0.253 e. The number of aromatic nitrogens is 1. The van der Waals surface area contributed by atoms with Crippen molar-refractivity contribution in [1.82, 2.24) is 19.1 Å². The first-order valence-corrected chi connectivity index (χ1v) is 11.8. The number of hydrogen-bond donors (Lipinski definition) is 0. The molecule has 2 aromatic rings. The number of sulfonamides is 1. The Kier molecular flexibility index (Phi) is 7.23. The third-order valence-corrected chi connectivity index (χ3v) is 7.74. The third-order valence-electron chi connectivity index (χ3n) is 5.55. The normalized spacial score (nSPS) is 15.5. The molecular weight excluding hydrogens is 400 g/mol. The lowest BCUT2D eigenvalue weighted by Crippen LogP contribution is -2.48. The van der Waals surface area contributed by atoms with E-state index >= 15 is 0 Å². The number of hydrogen-bond acceptors (Lipinski definition) is 5. The average Bonchev–Trinajstić information content (AvgIpc) is 2.75. The minimum atomic E-state index is -3.61. The Balaban J connectivity index is 1.71. The number of carbonyl (C=O) groups is 1. The molecule has 1 aliphatic heterocycles. The lowest BCUT2D eigenvalue weighted by Gasteiger charge is -2.34. The molecular formula is C22H30N4O3S. The fourth-order valence-electron chi connectivity index (χ4n) is 3.76. The van der Waals surface area contributed by atoms with Gasteiger partial charge in [0.15, 0.2) is 0 Å². The Labute approximate surface area is 179 Å². The van der Waals surface area contributed by atoms with Crippen LogP contribution in [-0.4, -0.2) is 72.7 Å². The molecule has 0 bridgehead atoms. The van der Waals surface area contributed by atoms with Gasteiger partial charge in [-0.05, 0) is 36.2 Å². The van der Waals surface area contributed by atoms with Gasteiger partial charge in [-0.3, -0.25) is 14.7 Å². The van der Waals surface area contributed by atoms with Crippen LogP contribution >= 0.6 is 0 Å². The SMILES string of the molecule is CCN(CC)S(=O)(=O)c1cc(C(=O)N2CCN(Cc3cccnc3)CC2)ccc1C. The van der Waals surface area contributed by atoms with Gasteiger partial charge in [-0.1, -0.05) is 26.0 Å². The number of pyridine rings is 1. The highest BCUT2D eigenvalue weighted by molar-refractivity contribution is 7.89. The highest BCUT2D eigenvalue weighted by Crippen LogP contribution is 2.22. The number of piperazine rings is 1. The molecule has 2 heterocycles. The van der Waals surface area contributed by atoms with Gasteiger partial charge in [-0.25, -0.2) is 8.42 Å². The summed E-state index contributed by atoms with van der Waals surface area (Å²) in [4.78, 5) is 21.5. The Morgan fingerprint density at radius 1 is 1.10 bits per heavy atom. The first-order chi connectivity index (χ1) is 14.4. The summed E-state index contributed by atoms with van der Waals surface area (Å²) in [5, 5.41) is 0. The Hall–Kier alpha value is -2.29. The van der Waals surface area contributed by atoms with Gasteiger partial charge < -0.3 is 4.90 Å². The van der Waals surface area contributed by atoms with Crippen molar-refractivity contribution >= 4 is 15.9 Å². The van der Waals surface area contributed by atoms with Gasteiger partial charge in [0, 0.05) is 63.8 Å². The van der Waals surface area contributed by atoms with Gasteiger partial charge in [-0.15, -0.1) is 0 Å². The van der Waals surface area contributed by atoms with Crippen LogP contribution in [0.25, 0.3) is 0 Å². The topological polar surface area (TPSA) is 73.8 Å². The van der Waals surface area contributed by atoms with Crippen molar-refractivity contribution in [3.05, 3.63) is 59.4 Å². The number of amides is 1. The summed E-state index contributed by atoms with van der Waals surface area (Å²) < 4.78 is 27.4. The van der Waals surface area contributed by atoms with E-state index in [1.54, 1.807) is 30.2 Å². The molecule has 0 aliphatic carbocycles. The van der Waals surface area contributed by atoms with Crippen LogP contribution in [0.15, 0.2) is 47.6 Å². The second-order valence-corrected chi connectivity index (χ2v) is 9.41. The molecule has 1 amide bonds. The summed E-state index contributed by atoms with van der Waals surface area (Å²) in [7, 11) is -3.61. The summed E-state index contributed by atoms with van der Waals surface area (Å²) in [5.74, 6) is -0.118. The van der Waals surface area contributed by atoms with Crippen molar-refractivity contribution in [2.45, 2.75) is 32.2 Å². The quantitative estimate of drug-likeness (QED) is 0.674. The molecule has 8 heteroatoms. The number of nitrogens with zero attached hydrogens (tertiary/aromatic N) is 4. The molecule has 0 unspecified atom stereocenters. The molecule has 3 rings (SSSR count).